The Hall–Kier alpha value is -2.40. The van der Waals surface area contributed by atoms with Crippen molar-refractivity contribution in [1.29, 1.82) is 0 Å². The molecule has 2 aromatic rings. The van der Waals surface area contributed by atoms with Crippen LogP contribution in [0.15, 0.2) is 46.2 Å². The van der Waals surface area contributed by atoms with E-state index in [0.717, 1.165) is 16.8 Å². The second kappa shape index (κ2) is 10.8. The maximum atomic E-state index is 14.0. The lowest BCUT2D eigenvalue weighted by Crippen LogP contribution is -2.11. The summed E-state index contributed by atoms with van der Waals surface area (Å²) in [5, 5.41) is 20.9. The Morgan fingerprint density at radius 2 is 2.29 bits per heavy atom. The van der Waals surface area contributed by atoms with Gasteiger partial charge in [0.25, 0.3) is 0 Å². The number of nitrogens with one attached hydrogen (secondary N) is 2. The molecule has 150 valence electrons. The van der Waals surface area contributed by atoms with E-state index in [1.807, 2.05) is 0 Å². The number of nitrogens with two attached hydrogens (primary N) is 2. The fourth-order valence-corrected chi connectivity index (χ4v) is 2.55. The van der Waals surface area contributed by atoms with Crippen LogP contribution in [0.2, 0.25) is 5.02 Å². The summed E-state index contributed by atoms with van der Waals surface area (Å²) in [7, 11) is 0. The predicted molar refractivity (Wildman–Crippen MR) is 112 cm³/mol. The standard InChI is InChI=1S/C17H21ClFN7OS/c1-10(27)6-22-8-12(5-20)25-17-24-9-14(18)16(26-17)23-7-11-4-13(28-21)2-3-15(11)19/h2-5,8-10,27H,6-7,20-21H2,1H3,(H2,23,24,25,26). The summed E-state index contributed by atoms with van der Waals surface area (Å²) in [6.45, 7) is 2.02. The molecule has 0 fully saturated rings. The summed E-state index contributed by atoms with van der Waals surface area (Å²) >= 11 is 7.16. The van der Waals surface area contributed by atoms with E-state index in [-0.39, 0.29) is 29.9 Å². The SMILES string of the molecule is CC(O)CN=CC(=CN)Nc1ncc(Cl)c(NCc2cc(SN)ccc2F)n1. The summed E-state index contributed by atoms with van der Waals surface area (Å²) in [6, 6.07) is 4.60. The molecule has 1 unspecified atom stereocenters. The number of aliphatic hydroxyl groups excluding tert-OH is 1. The van der Waals surface area contributed by atoms with Crippen LogP contribution in [-0.4, -0.2) is 33.9 Å². The molecule has 0 bridgehead atoms. The van der Waals surface area contributed by atoms with Gasteiger partial charge in [-0.15, -0.1) is 0 Å². The molecular formula is C17H21ClFN7OS. The van der Waals surface area contributed by atoms with Crippen LogP contribution in [0.1, 0.15) is 12.5 Å². The highest BCUT2D eigenvalue weighted by Gasteiger charge is 2.09. The zero-order valence-electron chi connectivity index (χ0n) is 15.1. The molecule has 1 atom stereocenters. The van der Waals surface area contributed by atoms with Gasteiger partial charge in [-0.25, -0.2) is 9.37 Å². The van der Waals surface area contributed by atoms with Gasteiger partial charge in [0.15, 0.2) is 5.82 Å². The van der Waals surface area contributed by atoms with Crippen LogP contribution in [0, 0.1) is 5.82 Å². The molecule has 1 heterocycles. The Labute approximate surface area is 171 Å². The van der Waals surface area contributed by atoms with Gasteiger partial charge in [-0.05, 0) is 37.1 Å². The first-order chi connectivity index (χ1) is 13.4. The van der Waals surface area contributed by atoms with Gasteiger partial charge in [0.1, 0.15) is 10.8 Å². The smallest absolute Gasteiger partial charge is 0.229 e. The van der Waals surface area contributed by atoms with Gasteiger partial charge in [0.2, 0.25) is 5.95 Å². The minimum atomic E-state index is -0.561. The van der Waals surface area contributed by atoms with E-state index in [4.69, 9.17) is 22.5 Å². The second-order valence-corrected chi connectivity index (χ2v) is 6.82. The Bertz CT molecular complexity index is 863. The van der Waals surface area contributed by atoms with Gasteiger partial charge in [-0.1, -0.05) is 11.6 Å². The van der Waals surface area contributed by atoms with Crippen LogP contribution >= 0.6 is 23.5 Å². The van der Waals surface area contributed by atoms with E-state index in [0.29, 0.717) is 17.1 Å². The predicted octanol–water partition coefficient (Wildman–Crippen LogP) is 2.51. The minimum absolute atomic E-state index is 0.159. The Kier molecular flexibility index (Phi) is 8.45. The number of anilines is 2. The van der Waals surface area contributed by atoms with Gasteiger partial charge < -0.3 is 21.5 Å². The third-order valence-electron chi connectivity index (χ3n) is 3.38. The van der Waals surface area contributed by atoms with Crippen LogP contribution in [-0.2, 0) is 6.54 Å². The highest BCUT2D eigenvalue weighted by molar-refractivity contribution is 7.97. The number of halogens is 2. The molecule has 8 nitrogen and oxygen atoms in total. The molecule has 0 amide bonds. The quantitative estimate of drug-likeness (QED) is 0.305. The Balaban J connectivity index is 2.09. The molecule has 0 aliphatic rings. The van der Waals surface area contributed by atoms with E-state index < -0.39 is 6.10 Å². The largest absolute Gasteiger partial charge is 0.403 e. The zero-order chi connectivity index (χ0) is 20.5. The normalized spacial score (nSPS) is 13.0. The van der Waals surface area contributed by atoms with Crippen molar-refractivity contribution in [3.05, 3.63) is 52.7 Å². The lowest BCUT2D eigenvalue weighted by Gasteiger charge is -2.11. The Morgan fingerprint density at radius 3 is 2.96 bits per heavy atom. The molecule has 0 spiro atoms. The summed E-state index contributed by atoms with van der Waals surface area (Å²) in [5.74, 6) is 0.178. The van der Waals surface area contributed by atoms with Crippen molar-refractivity contribution in [3.63, 3.8) is 0 Å². The third-order valence-corrected chi connectivity index (χ3v) is 4.18. The first-order valence-corrected chi connectivity index (χ1v) is 9.47. The van der Waals surface area contributed by atoms with Gasteiger partial charge in [-0.2, -0.15) is 4.98 Å². The first kappa shape index (κ1) is 21.9. The van der Waals surface area contributed by atoms with E-state index in [1.54, 1.807) is 19.1 Å². The number of nitrogens with zero attached hydrogens (tertiary/aromatic N) is 3. The number of aliphatic imine (C=N–C) groups is 1. The molecule has 0 saturated carbocycles. The van der Waals surface area contributed by atoms with Crippen molar-refractivity contribution in [1.82, 2.24) is 9.97 Å². The van der Waals surface area contributed by atoms with Crippen LogP contribution in [0.5, 0.6) is 0 Å². The van der Waals surface area contributed by atoms with Crippen molar-refractivity contribution < 1.29 is 9.50 Å². The number of allylic oxidation sites excluding steroid dienone is 1. The Morgan fingerprint density at radius 1 is 1.50 bits per heavy atom. The summed E-state index contributed by atoms with van der Waals surface area (Å²) in [6.07, 6.45) is 3.60. The maximum Gasteiger partial charge on any atom is 0.229 e. The van der Waals surface area contributed by atoms with Gasteiger partial charge in [0.05, 0.1) is 24.5 Å². The molecule has 0 radical (unpaired) electrons. The maximum absolute atomic E-state index is 14.0. The van der Waals surface area contributed by atoms with Gasteiger partial charge >= 0.3 is 0 Å². The number of hydrogen-bond donors (Lipinski definition) is 5. The average Bonchev–Trinajstić information content (AvgIpc) is 2.68. The van der Waals surface area contributed by atoms with Crippen molar-refractivity contribution in [2.24, 2.45) is 15.9 Å². The molecule has 0 aliphatic heterocycles. The number of rotatable bonds is 9. The number of hydrogen-bond acceptors (Lipinski definition) is 9. The molecule has 11 heteroatoms. The van der Waals surface area contributed by atoms with E-state index in [2.05, 4.69) is 25.6 Å². The number of aliphatic hydroxyl groups is 1. The molecule has 28 heavy (non-hydrogen) atoms. The third kappa shape index (κ3) is 6.64. The van der Waals surface area contributed by atoms with Crippen molar-refractivity contribution >= 4 is 41.5 Å². The second-order valence-electron chi connectivity index (χ2n) is 5.71. The highest BCUT2D eigenvalue weighted by Crippen LogP contribution is 2.22. The molecule has 1 aromatic carbocycles. The topological polar surface area (TPSA) is 134 Å². The molecule has 0 aliphatic carbocycles. The van der Waals surface area contributed by atoms with Crippen molar-refractivity contribution in [2.75, 3.05) is 17.2 Å². The molecule has 0 saturated heterocycles. The molecule has 2 rings (SSSR count). The van der Waals surface area contributed by atoms with E-state index in [9.17, 15) is 9.50 Å². The number of benzene rings is 1. The zero-order valence-corrected chi connectivity index (χ0v) is 16.6. The first-order valence-electron chi connectivity index (χ1n) is 8.21. The van der Waals surface area contributed by atoms with Gasteiger partial charge in [0, 0.05) is 29.4 Å². The lowest BCUT2D eigenvalue weighted by atomic mass is 10.2. The van der Waals surface area contributed by atoms with E-state index >= 15 is 0 Å². The molecular weight excluding hydrogens is 405 g/mol. The fraction of sp³-hybridized carbons (Fsp3) is 0.235. The lowest BCUT2D eigenvalue weighted by molar-refractivity contribution is 0.204. The summed E-state index contributed by atoms with van der Waals surface area (Å²) in [4.78, 5) is 13.1. The van der Waals surface area contributed by atoms with Crippen LogP contribution in [0.3, 0.4) is 0 Å². The minimum Gasteiger partial charge on any atom is -0.403 e. The van der Waals surface area contributed by atoms with Crippen LogP contribution < -0.4 is 21.5 Å². The van der Waals surface area contributed by atoms with Gasteiger partial charge in [-0.3, -0.25) is 10.1 Å². The summed E-state index contributed by atoms with van der Waals surface area (Å²) < 4.78 is 14.0. The van der Waals surface area contributed by atoms with Crippen LogP contribution in [0.25, 0.3) is 0 Å². The van der Waals surface area contributed by atoms with Crippen molar-refractivity contribution in [3.8, 4) is 0 Å². The molecule has 7 N–H and O–H groups in total. The van der Waals surface area contributed by atoms with Crippen molar-refractivity contribution in [2.45, 2.75) is 24.5 Å². The van der Waals surface area contributed by atoms with E-state index in [1.165, 1.54) is 24.7 Å². The average molecular weight is 426 g/mol. The van der Waals surface area contributed by atoms with Crippen LogP contribution in [0.4, 0.5) is 16.2 Å². The fourth-order valence-electron chi connectivity index (χ4n) is 2.04. The molecule has 1 aromatic heterocycles. The number of aromatic nitrogens is 2. The monoisotopic (exact) mass is 425 g/mol. The summed E-state index contributed by atoms with van der Waals surface area (Å²) in [5.41, 5.74) is 6.42. The highest BCUT2D eigenvalue weighted by atomic mass is 35.5.